The van der Waals surface area contributed by atoms with E-state index in [9.17, 15) is 13.2 Å². The normalized spacial score (nSPS) is 13.2. The molecule has 1 aromatic carbocycles. The molecule has 1 N–H and O–H groups in total. The predicted octanol–water partition coefficient (Wildman–Crippen LogP) is 1.59. The molecule has 1 aromatic rings. The van der Waals surface area contributed by atoms with Gasteiger partial charge in [-0.1, -0.05) is 12.1 Å². The third-order valence-electron chi connectivity index (χ3n) is 2.58. The SMILES string of the molecule is CCOC(C)CNS(=O)(=O)c1ccc(C(C)=O)cc1. The first kappa shape index (κ1) is 15.8. The molecular formula is C13H19NO4S. The molecule has 0 spiro atoms. The fourth-order valence-corrected chi connectivity index (χ4v) is 2.64. The van der Waals surface area contributed by atoms with Crippen LogP contribution in [0.4, 0.5) is 0 Å². The number of ketones is 1. The van der Waals surface area contributed by atoms with E-state index >= 15 is 0 Å². The van der Waals surface area contributed by atoms with E-state index in [0.717, 1.165) is 0 Å². The summed E-state index contributed by atoms with van der Waals surface area (Å²) in [5.74, 6) is -0.0955. The molecule has 1 atom stereocenters. The van der Waals surface area contributed by atoms with Gasteiger partial charge in [0.25, 0.3) is 0 Å². The summed E-state index contributed by atoms with van der Waals surface area (Å²) in [6.07, 6.45) is -0.184. The molecular weight excluding hydrogens is 266 g/mol. The van der Waals surface area contributed by atoms with Crippen LogP contribution in [0.5, 0.6) is 0 Å². The highest BCUT2D eigenvalue weighted by Gasteiger charge is 2.15. The second kappa shape index (κ2) is 6.79. The van der Waals surface area contributed by atoms with Crippen molar-refractivity contribution in [3.63, 3.8) is 0 Å². The van der Waals surface area contributed by atoms with Crippen LogP contribution in [0.3, 0.4) is 0 Å². The molecule has 19 heavy (non-hydrogen) atoms. The molecule has 106 valence electrons. The number of carbonyl (C=O) groups excluding carboxylic acids is 1. The molecule has 0 aromatic heterocycles. The van der Waals surface area contributed by atoms with Crippen LogP contribution in [0.25, 0.3) is 0 Å². The van der Waals surface area contributed by atoms with Crippen molar-refractivity contribution in [2.75, 3.05) is 13.2 Å². The molecule has 6 heteroatoms. The lowest BCUT2D eigenvalue weighted by atomic mass is 10.2. The van der Waals surface area contributed by atoms with Crippen molar-refractivity contribution in [1.82, 2.24) is 4.72 Å². The first-order valence-corrected chi connectivity index (χ1v) is 7.57. The monoisotopic (exact) mass is 285 g/mol. The summed E-state index contributed by atoms with van der Waals surface area (Å²) >= 11 is 0. The molecule has 0 aliphatic rings. The molecule has 0 amide bonds. The number of carbonyl (C=O) groups is 1. The van der Waals surface area contributed by atoms with Crippen LogP contribution in [-0.2, 0) is 14.8 Å². The van der Waals surface area contributed by atoms with Gasteiger partial charge in [0, 0.05) is 18.7 Å². The Kier molecular flexibility index (Phi) is 5.65. The summed E-state index contributed by atoms with van der Waals surface area (Å²) in [5.41, 5.74) is 0.488. The van der Waals surface area contributed by atoms with Crippen molar-refractivity contribution < 1.29 is 17.9 Å². The topological polar surface area (TPSA) is 72.5 Å². The molecule has 1 rings (SSSR count). The Bertz CT molecular complexity index is 522. The zero-order chi connectivity index (χ0) is 14.5. The highest BCUT2D eigenvalue weighted by molar-refractivity contribution is 7.89. The molecule has 0 saturated heterocycles. The van der Waals surface area contributed by atoms with Gasteiger partial charge in [0.15, 0.2) is 5.78 Å². The molecule has 0 aliphatic carbocycles. The van der Waals surface area contributed by atoms with E-state index in [2.05, 4.69) is 4.72 Å². The van der Waals surface area contributed by atoms with Gasteiger partial charge >= 0.3 is 0 Å². The molecule has 0 fully saturated rings. The summed E-state index contributed by atoms with van der Waals surface area (Å²) in [7, 11) is -3.56. The van der Waals surface area contributed by atoms with Gasteiger partial charge in [-0.3, -0.25) is 4.79 Å². The third-order valence-corrected chi connectivity index (χ3v) is 4.02. The highest BCUT2D eigenvalue weighted by atomic mass is 32.2. The van der Waals surface area contributed by atoms with E-state index in [0.29, 0.717) is 12.2 Å². The Labute approximate surface area is 114 Å². The lowest BCUT2D eigenvalue weighted by Gasteiger charge is -2.13. The van der Waals surface area contributed by atoms with Gasteiger partial charge in [0.2, 0.25) is 10.0 Å². The number of nitrogens with one attached hydrogen (secondary N) is 1. The number of ether oxygens (including phenoxy) is 1. The molecule has 0 saturated carbocycles. The van der Waals surface area contributed by atoms with Crippen molar-refractivity contribution in [2.45, 2.75) is 31.8 Å². The Hall–Kier alpha value is -1.24. The predicted molar refractivity (Wildman–Crippen MR) is 72.7 cm³/mol. The van der Waals surface area contributed by atoms with Crippen LogP contribution in [0, 0.1) is 0 Å². The van der Waals surface area contributed by atoms with Crippen LogP contribution >= 0.6 is 0 Å². The minimum absolute atomic E-state index is 0.0955. The van der Waals surface area contributed by atoms with E-state index in [-0.39, 0.29) is 23.3 Å². The summed E-state index contributed by atoms with van der Waals surface area (Å²) < 4.78 is 31.7. The van der Waals surface area contributed by atoms with Gasteiger partial charge in [-0.15, -0.1) is 0 Å². The highest BCUT2D eigenvalue weighted by Crippen LogP contribution is 2.11. The number of rotatable bonds is 7. The van der Waals surface area contributed by atoms with Crippen LogP contribution in [-0.4, -0.2) is 33.5 Å². The van der Waals surface area contributed by atoms with E-state index in [4.69, 9.17) is 4.74 Å². The van der Waals surface area contributed by atoms with Crippen molar-refractivity contribution in [3.05, 3.63) is 29.8 Å². The minimum Gasteiger partial charge on any atom is -0.377 e. The van der Waals surface area contributed by atoms with Gasteiger partial charge in [-0.05, 0) is 32.9 Å². The zero-order valence-corrected chi connectivity index (χ0v) is 12.2. The van der Waals surface area contributed by atoms with Gasteiger partial charge < -0.3 is 4.74 Å². The Morgan fingerprint density at radius 3 is 2.37 bits per heavy atom. The Morgan fingerprint density at radius 1 is 1.32 bits per heavy atom. The number of benzene rings is 1. The Balaban J connectivity index is 2.74. The van der Waals surface area contributed by atoms with Crippen LogP contribution < -0.4 is 4.72 Å². The van der Waals surface area contributed by atoms with Gasteiger partial charge in [-0.2, -0.15) is 0 Å². The van der Waals surface area contributed by atoms with Gasteiger partial charge in [0.05, 0.1) is 11.0 Å². The van der Waals surface area contributed by atoms with Crippen LogP contribution in [0.2, 0.25) is 0 Å². The quantitative estimate of drug-likeness (QED) is 0.772. The standard InChI is InChI=1S/C13H19NO4S/c1-4-18-10(2)9-14-19(16,17)13-7-5-12(6-8-13)11(3)15/h5-8,10,14H,4,9H2,1-3H3. The molecule has 1 unspecified atom stereocenters. The number of hydrogen-bond donors (Lipinski definition) is 1. The number of hydrogen-bond acceptors (Lipinski definition) is 4. The largest absolute Gasteiger partial charge is 0.377 e. The van der Waals surface area contributed by atoms with Crippen molar-refractivity contribution >= 4 is 15.8 Å². The number of Topliss-reactive ketones (excluding diaryl/α,β-unsaturated/α-hetero) is 1. The lowest BCUT2D eigenvalue weighted by Crippen LogP contribution is -2.32. The first-order valence-electron chi connectivity index (χ1n) is 6.09. The van der Waals surface area contributed by atoms with Crippen LogP contribution in [0.15, 0.2) is 29.2 Å². The zero-order valence-electron chi connectivity index (χ0n) is 11.3. The first-order chi connectivity index (χ1) is 8.86. The molecule has 5 nitrogen and oxygen atoms in total. The second-order valence-electron chi connectivity index (χ2n) is 4.20. The summed E-state index contributed by atoms with van der Waals surface area (Å²) in [6, 6.07) is 5.85. The summed E-state index contributed by atoms with van der Waals surface area (Å²) in [4.78, 5) is 11.3. The third kappa shape index (κ3) is 4.74. The van der Waals surface area contributed by atoms with E-state index in [1.165, 1.54) is 31.2 Å². The molecule has 0 radical (unpaired) electrons. The Morgan fingerprint density at radius 2 is 1.89 bits per heavy atom. The fourth-order valence-electron chi connectivity index (χ4n) is 1.52. The van der Waals surface area contributed by atoms with E-state index in [1.54, 1.807) is 6.92 Å². The smallest absolute Gasteiger partial charge is 0.240 e. The van der Waals surface area contributed by atoms with Crippen molar-refractivity contribution in [3.8, 4) is 0 Å². The maximum Gasteiger partial charge on any atom is 0.240 e. The van der Waals surface area contributed by atoms with Crippen LogP contribution in [0.1, 0.15) is 31.1 Å². The second-order valence-corrected chi connectivity index (χ2v) is 5.97. The molecule has 0 bridgehead atoms. The molecule has 0 aliphatic heterocycles. The maximum atomic E-state index is 12.0. The minimum atomic E-state index is -3.56. The van der Waals surface area contributed by atoms with Crippen molar-refractivity contribution in [1.29, 1.82) is 0 Å². The van der Waals surface area contributed by atoms with E-state index in [1.807, 2.05) is 6.92 Å². The molecule has 0 heterocycles. The van der Waals surface area contributed by atoms with Gasteiger partial charge in [-0.25, -0.2) is 13.1 Å². The van der Waals surface area contributed by atoms with Crippen molar-refractivity contribution in [2.24, 2.45) is 0 Å². The maximum absolute atomic E-state index is 12.0. The summed E-state index contributed by atoms with van der Waals surface area (Å²) in [5, 5.41) is 0. The lowest BCUT2D eigenvalue weighted by molar-refractivity contribution is 0.0799. The van der Waals surface area contributed by atoms with E-state index < -0.39 is 10.0 Å². The number of sulfonamides is 1. The average molecular weight is 285 g/mol. The average Bonchev–Trinajstić information content (AvgIpc) is 2.37. The summed E-state index contributed by atoms with van der Waals surface area (Å²) in [6.45, 7) is 5.84. The fraction of sp³-hybridized carbons (Fsp3) is 0.462. The van der Waals surface area contributed by atoms with Gasteiger partial charge in [0.1, 0.15) is 0 Å².